The van der Waals surface area contributed by atoms with Crippen LogP contribution in [0.25, 0.3) is 11.3 Å². The number of aromatic nitrogens is 3. The summed E-state index contributed by atoms with van der Waals surface area (Å²) in [4.78, 5) is 17.8. The minimum absolute atomic E-state index is 0.322. The lowest BCUT2D eigenvalue weighted by atomic mass is 10.2. The Morgan fingerprint density at radius 1 is 1.19 bits per heavy atom. The number of anilines is 1. The maximum Gasteiger partial charge on any atom is 0.319 e. The number of pyridine rings is 1. The summed E-state index contributed by atoms with van der Waals surface area (Å²) < 4.78 is 11.3. The highest BCUT2D eigenvalue weighted by Crippen LogP contribution is 2.22. The van der Waals surface area contributed by atoms with Gasteiger partial charge in [-0.3, -0.25) is 15.3 Å². The van der Waals surface area contributed by atoms with Crippen molar-refractivity contribution < 1.29 is 9.47 Å². The van der Waals surface area contributed by atoms with Crippen LogP contribution >= 0.6 is 11.3 Å². The van der Waals surface area contributed by atoms with Crippen LogP contribution in [0.15, 0.2) is 41.8 Å². The third kappa shape index (κ3) is 6.06. The minimum atomic E-state index is 0.322. The average Bonchev–Trinajstić information content (AvgIpc) is 3.12. The molecule has 1 N–H and O–H groups in total. The summed E-state index contributed by atoms with van der Waals surface area (Å²) >= 11 is 1.71. The first kappa shape index (κ1) is 21.4. The number of rotatable bonds is 8. The molecule has 4 rings (SSSR count). The molecule has 9 heteroatoms. The lowest BCUT2D eigenvalue weighted by molar-refractivity contribution is 0.0317. The first-order valence-electron chi connectivity index (χ1n) is 10.3. The van der Waals surface area contributed by atoms with E-state index in [4.69, 9.17) is 9.47 Å². The van der Waals surface area contributed by atoms with E-state index in [9.17, 15) is 0 Å². The Morgan fingerprint density at radius 2 is 2.00 bits per heavy atom. The fourth-order valence-electron chi connectivity index (χ4n) is 3.14. The molecule has 3 aromatic heterocycles. The van der Waals surface area contributed by atoms with Crippen molar-refractivity contribution in [3.05, 3.63) is 52.0 Å². The lowest BCUT2D eigenvalue weighted by Crippen LogP contribution is -2.38. The van der Waals surface area contributed by atoms with Gasteiger partial charge in [-0.25, -0.2) is 0 Å². The van der Waals surface area contributed by atoms with Gasteiger partial charge in [0.25, 0.3) is 0 Å². The third-order valence-corrected chi connectivity index (χ3v) is 6.07. The molecule has 4 heterocycles. The molecule has 0 aromatic carbocycles. The van der Waals surface area contributed by atoms with Gasteiger partial charge in [0.15, 0.2) is 5.82 Å². The van der Waals surface area contributed by atoms with Crippen LogP contribution < -0.4 is 10.2 Å². The van der Waals surface area contributed by atoms with Crippen molar-refractivity contribution in [1.29, 1.82) is 0 Å². The first-order chi connectivity index (χ1) is 15.2. The molecule has 162 valence electrons. The standard InChI is InChI=1S/C22H26N6O2S/c1-16-13-19(31-17(16)2)15-24-27-21-14-20(18-3-5-23-6-4-18)25-22(26-21)30-12-9-28-7-10-29-11-8-28/h3-6,13-15H,7-12H2,1-2H3,(H,25,26,27)/b24-15+. The number of nitrogens with zero attached hydrogens (tertiary/aromatic N) is 5. The van der Waals surface area contributed by atoms with E-state index in [2.05, 4.69) is 50.3 Å². The Kier molecular flexibility index (Phi) is 7.18. The molecular formula is C22H26N6O2S. The normalized spacial score (nSPS) is 14.8. The zero-order valence-corrected chi connectivity index (χ0v) is 18.6. The monoisotopic (exact) mass is 438 g/mol. The van der Waals surface area contributed by atoms with Crippen molar-refractivity contribution in [2.24, 2.45) is 5.10 Å². The molecule has 1 saturated heterocycles. The van der Waals surface area contributed by atoms with Crippen molar-refractivity contribution in [2.75, 3.05) is 44.9 Å². The molecule has 1 aliphatic heterocycles. The Hall–Kier alpha value is -2.88. The van der Waals surface area contributed by atoms with Gasteiger partial charge in [0, 0.05) is 53.4 Å². The summed E-state index contributed by atoms with van der Waals surface area (Å²) in [5.41, 5.74) is 5.97. The summed E-state index contributed by atoms with van der Waals surface area (Å²) in [7, 11) is 0. The Labute approximate surface area is 186 Å². The molecule has 0 spiro atoms. The van der Waals surface area contributed by atoms with Crippen molar-refractivity contribution in [2.45, 2.75) is 13.8 Å². The predicted molar refractivity (Wildman–Crippen MR) is 123 cm³/mol. The van der Waals surface area contributed by atoms with E-state index < -0.39 is 0 Å². The van der Waals surface area contributed by atoms with Gasteiger partial charge in [0.1, 0.15) is 6.61 Å². The predicted octanol–water partition coefficient (Wildman–Crippen LogP) is 3.37. The van der Waals surface area contributed by atoms with Crippen LogP contribution in [-0.4, -0.2) is 65.5 Å². The molecular weight excluding hydrogens is 412 g/mol. The number of aryl methyl sites for hydroxylation is 2. The van der Waals surface area contributed by atoms with E-state index in [0.717, 1.165) is 49.0 Å². The summed E-state index contributed by atoms with van der Waals surface area (Å²) in [6, 6.07) is 8.11. The summed E-state index contributed by atoms with van der Waals surface area (Å²) in [5, 5.41) is 4.35. The fourth-order valence-corrected chi connectivity index (χ4v) is 4.05. The van der Waals surface area contributed by atoms with Gasteiger partial charge in [-0.1, -0.05) is 0 Å². The van der Waals surface area contributed by atoms with Gasteiger partial charge in [-0.05, 0) is 37.6 Å². The van der Waals surface area contributed by atoms with Crippen LogP contribution in [0.1, 0.15) is 15.3 Å². The number of ether oxygens (including phenoxy) is 2. The Morgan fingerprint density at radius 3 is 2.74 bits per heavy atom. The zero-order valence-electron chi connectivity index (χ0n) is 17.7. The van der Waals surface area contributed by atoms with Crippen LogP contribution in [0, 0.1) is 13.8 Å². The van der Waals surface area contributed by atoms with Gasteiger partial charge < -0.3 is 9.47 Å². The smallest absolute Gasteiger partial charge is 0.319 e. The van der Waals surface area contributed by atoms with E-state index in [0.29, 0.717) is 18.4 Å². The minimum Gasteiger partial charge on any atom is -0.462 e. The number of thiophene rings is 1. The van der Waals surface area contributed by atoms with E-state index >= 15 is 0 Å². The average molecular weight is 439 g/mol. The van der Waals surface area contributed by atoms with Crippen LogP contribution in [0.4, 0.5) is 5.82 Å². The summed E-state index contributed by atoms with van der Waals surface area (Å²) in [5.74, 6) is 0.574. The van der Waals surface area contributed by atoms with Crippen LogP contribution in [0.2, 0.25) is 0 Å². The van der Waals surface area contributed by atoms with Gasteiger partial charge in [-0.15, -0.1) is 11.3 Å². The second-order valence-electron chi connectivity index (χ2n) is 7.22. The largest absolute Gasteiger partial charge is 0.462 e. The van der Waals surface area contributed by atoms with E-state index in [1.54, 1.807) is 29.9 Å². The summed E-state index contributed by atoms with van der Waals surface area (Å²) in [6.07, 6.45) is 5.28. The van der Waals surface area contributed by atoms with Crippen molar-refractivity contribution >= 4 is 23.4 Å². The second kappa shape index (κ2) is 10.4. The number of hydrogen-bond donors (Lipinski definition) is 1. The quantitative estimate of drug-likeness (QED) is 0.426. The zero-order chi connectivity index (χ0) is 21.5. The lowest BCUT2D eigenvalue weighted by Gasteiger charge is -2.26. The highest BCUT2D eigenvalue weighted by molar-refractivity contribution is 7.13. The van der Waals surface area contributed by atoms with Gasteiger partial charge in [0.2, 0.25) is 0 Å². The maximum absolute atomic E-state index is 5.89. The van der Waals surface area contributed by atoms with Crippen molar-refractivity contribution in [3.8, 4) is 17.3 Å². The van der Waals surface area contributed by atoms with E-state index in [1.165, 1.54) is 10.4 Å². The maximum atomic E-state index is 5.89. The molecule has 0 atom stereocenters. The molecule has 0 amide bonds. The van der Waals surface area contributed by atoms with Crippen molar-refractivity contribution in [3.63, 3.8) is 0 Å². The molecule has 3 aromatic rings. The highest BCUT2D eigenvalue weighted by Gasteiger charge is 2.12. The SMILES string of the molecule is Cc1cc(/C=N/Nc2cc(-c3ccncc3)nc(OCCN3CCOCC3)n2)sc1C. The van der Waals surface area contributed by atoms with Gasteiger partial charge >= 0.3 is 6.01 Å². The molecule has 0 aliphatic carbocycles. The molecule has 8 nitrogen and oxygen atoms in total. The fraction of sp³-hybridized carbons (Fsp3) is 0.364. The molecule has 0 unspecified atom stereocenters. The second-order valence-corrected chi connectivity index (χ2v) is 8.51. The first-order valence-corrected chi connectivity index (χ1v) is 11.1. The van der Waals surface area contributed by atoms with Crippen LogP contribution in [0.5, 0.6) is 6.01 Å². The topological polar surface area (TPSA) is 84.8 Å². The molecule has 0 saturated carbocycles. The molecule has 1 fully saturated rings. The number of morpholine rings is 1. The highest BCUT2D eigenvalue weighted by atomic mass is 32.1. The third-order valence-electron chi connectivity index (χ3n) is 4.98. The van der Waals surface area contributed by atoms with E-state index in [-0.39, 0.29) is 0 Å². The Bertz CT molecular complexity index is 999. The van der Waals surface area contributed by atoms with Crippen LogP contribution in [-0.2, 0) is 4.74 Å². The number of nitrogens with one attached hydrogen (secondary N) is 1. The number of hydrazone groups is 1. The Balaban J connectivity index is 1.47. The molecule has 0 bridgehead atoms. The summed E-state index contributed by atoms with van der Waals surface area (Å²) in [6.45, 7) is 8.90. The van der Waals surface area contributed by atoms with E-state index in [1.807, 2.05) is 18.2 Å². The van der Waals surface area contributed by atoms with Gasteiger partial charge in [-0.2, -0.15) is 15.1 Å². The van der Waals surface area contributed by atoms with Crippen LogP contribution in [0.3, 0.4) is 0 Å². The number of hydrogen-bond acceptors (Lipinski definition) is 9. The van der Waals surface area contributed by atoms with Gasteiger partial charge in [0.05, 0.1) is 25.1 Å². The molecule has 0 radical (unpaired) electrons. The van der Waals surface area contributed by atoms with Crippen molar-refractivity contribution in [1.82, 2.24) is 19.9 Å². The molecule has 31 heavy (non-hydrogen) atoms. The molecule has 1 aliphatic rings.